The van der Waals surface area contributed by atoms with Crippen molar-refractivity contribution < 1.29 is 4.79 Å². The van der Waals surface area contributed by atoms with E-state index in [2.05, 4.69) is 0 Å². The van der Waals surface area contributed by atoms with Gasteiger partial charge >= 0.3 is 0 Å². The Balaban J connectivity index is 2.05. The smallest absolute Gasteiger partial charge is 0.195 e. The number of carbonyl (C=O) groups excluding carboxylic acids is 1. The lowest BCUT2D eigenvalue weighted by Gasteiger charge is -1.93. The second-order valence-corrected chi connectivity index (χ2v) is 5.00. The van der Waals surface area contributed by atoms with Crippen LogP contribution in [0.15, 0.2) is 65.0 Å². The monoisotopic (exact) mass is 274 g/mol. The molecule has 3 heteroatoms. The molecule has 0 fully saturated rings. The third kappa shape index (κ3) is 3.69. The van der Waals surface area contributed by atoms with E-state index in [0.29, 0.717) is 5.03 Å². The van der Waals surface area contributed by atoms with Crippen LogP contribution in [-0.4, -0.2) is 5.78 Å². The Morgan fingerprint density at radius 3 is 2.50 bits per heavy atom. The molecule has 18 heavy (non-hydrogen) atoms. The van der Waals surface area contributed by atoms with Gasteiger partial charge in [0.1, 0.15) is 0 Å². The molecule has 0 aliphatic carbocycles. The van der Waals surface area contributed by atoms with E-state index >= 15 is 0 Å². The Labute approximate surface area is 115 Å². The maximum absolute atomic E-state index is 11.7. The zero-order chi connectivity index (χ0) is 12.8. The summed E-state index contributed by atoms with van der Waals surface area (Å²) in [7, 11) is 0. The van der Waals surface area contributed by atoms with Crippen molar-refractivity contribution in [3.05, 3.63) is 75.5 Å². The Hall–Kier alpha value is -1.64. The topological polar surface area (TPSA) is 17.1 Å². The minimum atomic E-state index is -0.0235. The lowest BCUT2D eigenvalue weighted by molar-refractivity contribution is 0.105. The zero-order valence-corrected chi connectivity index (χ0v) is 11.1. The number of hydrogen-bond donors (Lipinski definition) is 0. The number of halogens is 1. The van der Waals surface area contributed by atoms with E-state index in [1.807, 2.05) is 47.9 Å². The van der Waals surface area contributed by atoms with E-state index in [0.717, 1.165) is 10.4 Å². The van der Waals surface area contributed by atoms with Crippen LogP contribution in [0, 0.1) is 0 Å². The van der Waals surface area contributed by atoms with Gasteiger partial charge in [-0.15, -0.1) is 11.3 Å². The highest BCUT2D eigenvalue weighted by atomic mass is 35.5. The van der Waals surface area contributed by atoms with Crippen LogP contribution in [-0.2, 0) is 0 Å². The van der Waals surface area contributed by atoms with Gasteiger partial charge in [-0.1, -0.05) is 48.0 Å². The summed E-state index contributed by atoms with van der Waals surface area (Å²) in [5, 5.41) is 2.41. The fourth-order valence-corrected chi connectivity index (χ4v) is 2.25. The minimum absolute atomic E-state index is 0.0235. The van der Waals surface area contributed by atoms with Crippen LogP contribution in [0.25, 0.3) is 6.08 Å². The predicted octanol–water partition coefficient (Wildman–Crippen LogP) is 4.77. The van der Waals surface area contributed by atoms with Crippen LogP contribution < -0.4 is 0 Å². The second-order valence-electron chi connectivity index (χ2n) is 3.61. The molecule has 0 aliphatic heterocycles. The average Bonchev–Trinajstić information content (AvgIpc) is 2.91. The standard InChI is InChI=1S/C15H11ClOS/c16-13(11-12-5-2-1-3-6-12)8-9-14(17)15-7-4-10-18-15/h1-11H/b9-8+,13-11-. The first-order valence-corrected chi connectivity index (χ1v) is 6.69. The van der Waals surface area contributed by atoms with Crippen LogP contribution in [0.3, 0.4) is 0 Å². The molecule has 0 atom stereocenters. The van der Waals surface area contributed by atoms with E-state index in [-0.39, 0.29) is 5.78 Å². The Morgan fingerprint density at radius 1 is 1.06 bits per heavy atom. The number of ketones is 1. The lowest BCUT2D eigenvalue weighted by atomic mass is 10.2. The molecular weight excluding hydrogens is 264 g/mol. The summed E-state index contributed by atoms with van der Waals surface area (Å²) in [5.41, 5.74) is 1.01. The number of benzene rings is 1. The molecule has 0 bridgehead atoms. The van der Waals surface area contributed by atoms with E-state index in [1.165, 1.54) is 17.4 Å². The number of carbonyl (C=O) groups is 1. The highest BCUT2D eigenvalue weighted by Crippen LogP contribution is 2.14. The van der Waals surface area contributed by atoms with Crippen LogP contribution in [0.1, 0.15) is 15.2 Å². The molecule has 2 rings (SSSR count). The second kappa shape index (κ2) is 6.34. The molecule has 90 valence electrons. The molecule has 0 spiro atoms. The van der Waals surface area contributed by atoms with Gasteiger partial charge in [0.25, 0.3) is 0 Å². The first-order chi connectivity index (χ1) is 8.75. The van der Waals surface area contributed by atoms with Crippen molar-refractivity contribution in [2.45, 2.75) is 0 Å². The number of rotatable bonds is 4. The van der Waals surface area contributed by atoms with Gasteiger partial charge < -0.3 is 0 Å². The molecule has 1 aromatic carbocycles. The van der Waals surface area contributed by atoms with Gasteiger partial charge in [0, 0.05) is 5.03 Å². The normalized spacial score (nSPS) is 11.9. The molecule has 0 unspecified atom stereocenters. The van der Waals surface area contributed by atoms with Crippen molar-refractivity contribution >= 4 is 34.8 Å². The molecule has 1 aromatic heterocycles. The maximum atomic E-state index is 11.7. The fourth-order valence-electron chi connectivity index (χ4n) is 1.41. The van der Waals surface area contributed by atoms with Gasteiger partial charge in [0.2, 0.25) is 0 Å². The molecule has 0 saturated carbocycles. The molecule has 0 radical (unpaired) electrons. The molecule has 1 heterocycles. The SMILES string of the molecule is O=C(/C=C/C(Cl)=C/c1ccccc1)c1cccs1. The van der Waals surface area contributed by atoms with Crippen LogP contribution in [0.2, 0.25) is 0 Å². The first-order valence-electron chi connectivity index (χ1n) is 5.44. The highest BCUT2D eigenvalue weighted by molar-refractivity contribution is 7.12. The van der Waals surface area contributed by atoms with E-state index in [9.17, 15) is 4.79 Å². The van der Waals surface area contributed by atoms with Gasteiger partial charge in [-0.3, -0.25) is 4.79 Å². The van der Waals surface area contributed by atoms with E-state index in [1.54, 1.807) is 12.1 Å². The average molecular weight is 275 g/mol. The van der Waals surface area contributed by atoms with Gasteiger partial charge in [-0.25, -0.2) is 0 Å². The van der Waals surface area contributed by atoms with Crippen molar-refractivity contribution in [2.24, 2.45) is 0 Å². The summed E-state index contributed by atoms with van der Waals surface area (Å²) < 4.78 is 0. The number of thiophene rings is 1. The summed E-state index contributed by atoms with van der Waals surface area (Å²) >= 11 is 7.47. The molecule has 1 nitrogen and oxygen atoms in total. The Kier molecular flexibility index (Phi) is 4.51. The molecular formula is C15H11ClOS. The molecule has 0 saturated heterocycles. The third-order valence-corrected chi connectivity index (χ3v) is 3.38. The third-order valence-electron chi connectivity index (χ3n) is 2.26. The van der Waals surface area contributed by atoms with Gasteiger partial charge in [-0.05, 0) is 35.2 Å². The van der Waals surface area contributed by atoms with Crippen molar-refractivity contribution in [1.29, 1.82) is 0 Å². The van der Waals surface area contributed by atoms with Gasteiger partial charge in [0.15, 0.2) is 5.78 Å². The van der Waals surface area contributed by atoms with Gasteiger partial charge in [-0.2, -0.15) is 0 Å². The first kappa shape index (κ1) is 12.8. The summed E-state index contributed by atoms with van der Waals surface area (Å²) in [4.78, 5) is 12.4. The molecule has 0 N–H and O–H groups in total. The van der Waals surface area contributed by atoms with Crippen molar-refractivity contribution in [3.63, 3.8) is 0 Å². The summed E-state index contributed by atoms with van der Waals surface area (Å²) in [6.07, 6.45) is 4.93. The van der Waals surface area contributed by atoms with Crippen molar-refractivity contribution in [2.75, 3.05) is 0 Å². The molecule has 2 aromatic rings. The number of allylic oxidation sites excluding steroid dienone is 3. The van der Waals surface area contributed by atoms with Crippen LogP contribution >= 0.6 is 22.9 Å². The van der Waals surface area contributed by atoms with Crippen LogP contribution in [0.5, 0.6) is 0 Å². The Bertz CT molecular complexity index is 568. The predicted molar refractivity (Wildman–Crippen MR) is 78.1 cm³/mol. The maximum Gasteiger partial charge on any atom is 0.195 e. The van der Waals surface area contributed by atoms with E-state index < -0.39 is 0 Å². The zero-order valence-electron chi connectivity index (χ0n) is 9.55. The summed E-state index contributed by atoms with van der Waals surface area (Å²) in [5.74, 6) is -0.0235. The summed E-state index contributed by atoms with van der Waals surface area (Å²) in [6.45, 7) is 0. The summed E-state index contributed by atoms with van der Waals surface area (Å²) in [6, 6.07) is 13.4. The van der Waals surface area contributed by atoms with Crippen molar-refractivity contribution in [3.8, 4) is 0 Å². The minimum Gasteiger partial charge on any atom is -0.288 e. The van der Waals surface area contributed by atoms with Crippen molar-refractivity contribution in [1.82, 2.24) is 0 Å². The van der Waals surface area contributed by atoms with Gasteiger partial charge in [0.05, 0.1) is 4.88 Å². The largest absolute Gasteiger partial charge is 0.288 e. The molecule has 0 aliphatic rings. The van der Waals surface area contributed by atoms with Crippen LogP contribution in [0.4, 0.5) is 0 Å². The quantitative estimate of drug-likeness (QED) is 0.446. The fraction of sp³-hybridized carbons (Fsp3) is 0. The lowest BCUT2D eigenvalue weighted by Crippen LogP contribution is -1.88. The highest BCUT2D eigenvalue weighted by Gasteiger charge is 2.01. The van der Waals surface area contributed by atoms with E-state index in [4.69, 9.17) is 11.6 Å². The molecule has 0 amide bonds. The number of hydrogen-bond acceptors (Lipinski definition) is 2. The Morgan fingerprint density at radius 2 is 1.83 bits per heavy atom.